The average molecular weight is 342 g/mol. The number of nitrogens with zero attached hydrogens (tertiary/aromatic N) is 2. The predicted molar refractivity (Wildman–Crippen MR) is 88.1 cm³/mol. The van der Waals surface area contributed by atoms with Crippen molar-refractivity contribution >= 4 is 21.9 Å². The molecule has 0 amide bonds. The molecule has 0 saturated carbocycles. The Morgan fingerprint density at radius 3 is 2.80 bits per heavy atom. The molecule has 1 aromatic carbocycles. The van der Waals surface area contributed by atoms with Crippen LogP contribution in [0.1, 0.15) is 18.9 Å². The molecule has 4 nitrogen and oxygen atoms in total. The summed E-state index contributed by atoms with van der Waals surface area (Å²) in [6, 6.07) is 8.26. The molecule has 0 fully saturated rings. The minimum Gasteiger partial charge on any atom is -0.385 e. The van der Waals surface area contributed by atoms with Crippen LogP contribution in [0.4, 0.5) is 0 Å². The molecule has 0 spiro atoms. The number of hydrogen-bond acceptors (Lipinski definition) is 2. The minimum atomic E-state index is 0.747. The van der Waals surface area contributed by atoms with Gasteiger partial charge in [0.2, 0.25) is 0 Å². The van der Waals surface area contributed by atoms with Crippen LogP contribution in [-0.2, 0) is 11.3 Å². The third-order valence-electron chi connectivity index (χ3n) is 2.83. The molecule has 0 aromatic heterocycles. The van der Waals surface area contributed by atoms with Crippen LogP contribution in [0, 0.1) is 0 Å². The Bertz CT molecular complexity index is 423. The number of hydrogen-bond donors (Lipinski definition) is 1. The molecule has 0 aliphatic carbocycles. The molecular weight excluding hydrogens is 318 g/mol. The Morgan fingerprint density at radius 2 is 2.15 bits per heavy atom. The molecule has 0 heterocycles. The largest absolute Gasteiger partial charge is 0.385 e. The summed E-state index contributed by atoms with van der Waals surface area (Å²) in [5, 5.41) is 3.32. The number of guanidine groups is 1. The van der Waals surface area contributed by atoms with Gasteiger partial charge in [-0.15, -0.1) is 0 Å². The Morgan fingerprint density at radius 1 is 1.40 bits per heavy atom. The maximum atomic E-state index is 5.05. The van der Waals surface area contributed by atoms with Crippen molar-refractivity contribution in [1.29, 1.82) is 0 Å². The molecule has 1 N–H and O–H groups in total. The lowest BCUT2D eigenvalue weighted by molar-refractivity contribution is 0.197. The number of aliphatic imine (C=N–C) groups is 1. The van der Waals surface area contributed by atoms with E-state index in [-0.39, 0.29) is 0 Å². The van der Waals surface area contributed by atoms with E-state index in [9.17, 15) is 0 Å². The van der Waals surface area contributed by atoms with Crippen molar-refractivity contribution in [1.82, 2.24) is 10.2 Å². The highest BCUT2D eigenvalue weighted by molar-refractivity contribution is 9.10. The average Bonchev–Trinajstić information content (AvgIpc) is 2.44. The second kappa shape index (κ2) is 9.77. The summed E-state index contributed by atoms with van der Waals surface area (Å²) >= 11 is 3.58. The molecule has 1 aromatic rings. The summed E-state index contributed by atoms with van der Waals surface area (Å²) in [5.41, 5.74) is 1.25. The highest BCUT2D eigenvalue weighted by Crippen LogP contribution is 2.17. The summed E-state index contributed by atoms with van der Waals surface area (Å²) in [4.78, 5) is 6.75. The van der Waals surface area contributed by atoms with Crippen molar-refractivity contribution < 1.29 is 4.74 Å². The second-order valence-electron chi connectivity index (χ2n) is 4.53. The Labute approximate surface area is 130 Å². The van der Waals surface area contributed by atoms with E-state index in [2.05, 4.69) is 63.3 Å². The van der Waals surface area contributed by atoms with E-state index in [0.29, 0.717) is 0 Å². The molecule has 0 radical (unpaired) electrons. The van der Waals surface area contributed by atoms with Gasteiger partial charge in [-0.05, 0) is 25.0 Å². The SMILES string of the molecule is CCNC(=NCCCOC)N(C)Cc1ccccc1Br. The van der Waals surface area contributed by atoms with Gasteiger partial charge in [-0.25, -0.2) is 0 Å². The van der Waals surface area contributed by atoms with Gasteiger partial charge < -0.3 is 15.0 Å². The highest BCUT2D eigenvalue weighted by atomic mass is 79.9. The first-order valence-electron chi connectivity index (χ1n) is 6.90. The van der Waals surface area contributed by atoms with Gasteiger partial charge in [0.25, 0.3) is 0 Å². The molecule has 0 unspecified atom stereocenters. The number of ether oxygens (including phenoxy) is 1. The normalized spacial score (nSPS) is 11.5. The van der Waals surface area contributed by atoms with E-state index < -0.39 is 0 Å². The fraction of sp³-hybridized carbons (Fsp3) is 0.533. The molecule has 5 heteroatoms. The van der Waals surface area contributed by atoms with Crippen molar-refractivity contribution in [2.75, 3.05) is 33.9 Å². The molecule has 112 valence electrons. The first kappa shape index (κ1) is 17.0. The summed E-state index contributed by atoms with van der Waals surface area (Å²) in [6.07, 6.45) is 0.939. The highest BCUT2D eigenvalue weighted by Gasteiger charge is 2.08. The van der Waals surface area contributed by atoms with Crippen LogP contribution >= 0.6 is 15.9 Å². The lowest BCUT2D eigenvalue weighted by Gasteiger charge is -2.22. The zero-order chi connectivity index (χ0) is 14.8. The lowest BCUT2D eigenvalue weighted by Crippen LogP contribution is -2.38. The lowest BCUT2D eigenvalue weighted by atomic mass is 10.2. The first-order chi connectivity index (χ1) is 9.69. The van der Waals surface area contributed by atoms with Crippen LogP contribution in [0.5, 0.6) is 0 Å². The quantitative estimate of drug-likeness (QED) is 0.470. The summed E-state index contributed by atoms with van der Waals surface area (Å²) in [5.74, 6) is 0.930. The zero-order valence-electron chi connectivity index (χ0n) is 12.5. The number of halogens is 1. The van der Waals surface area contributed by atoms with Gasteiger partial charge in [-0.2, -0.15) is 0 Å². The number of benzene rings is 1. The second-order valence-corrected chi connectivity index (χ2v) is 5.38. The Balaban J connectivity index is 2.63. The van der Waals surface area contributed by atoms with Gasteiger partial charge in [0, 0.05) is 44.9 Å². The fourth-order valence-corrected chi connectivity index (χ4v) is 2.23. The molecule has 20 heavy (non-hydrogen) atoms. The Kier molecular flexibility index (Phi) is 8.30. The first-order valence-corrected chi connectivity index (χ1v) is 7.70. The van der Waals surface area contributed by atoms with Crippen LogP contribution in [0.15, 0.2) is 33.7 Å². The van der Waals surface area contributed by atoms with E-state index in [4.69, 9.17) is 4.74 Å². The van der Waals surface area contributed by atoms with Gasteiger partial charge in [0.1, 0.15) is 0 Å². The summed E-state index contributed by atoms with van der Waals surface area (Å²) < 4.78 is 6.17. The number of methoxy groups -OCH3 is 1. The molecule has 0 atom stereocenters. The standard InChI is InChI=1S/C15H24BrN3O/c1-4-17-15(18-10-7-11-20-3)19(2)12-13-8-5-6-9-14(13)16/h5-6,8-9H,4,7,10-12H2,1-3H3,(H,17,18). The zero-order valence-corrected chi connectivity index (χ0v) is 14.1. The third kappa shape index (κ3) is 5.92. The van der Waals surface area contributed by atoms with Gasteiger partial charge in [-0.3, -0.25) is 4.99 Å². The van der Waals surface area contributed by atoms with Gasteiger partial charge in [-0.1, -0.05) is 34.1 Å². The van der Waals surface area contributed by atoms with Crippen molar-refractivity contribution in [3.63, 3.8) is 0 Å². The summed E-state index contributed by atoms with van der Waals surface area (Å²) in [7, 11) is 3.77. The van der Waals surface area contributed by atoms with Gasteiger partial charge >= 0.3 is 0 Å². The van der Waals surface area contributed by atoms with Crippen LogP contribution in [0.25, 0.3) is 0 Å². The summed E-state index contributed by atoms with van der Waals surface area (Å²) in [6.45, 7) is 5.28. The van der Waals surface area contributed by atoms with Crippen molar-refractivity contribution in [2.24, 2.45) is 4.99 Å². The number of rotatable bonds is 7. The van der Waals surface area contributed by atoms with Gasteiger partial charge in [0.15, 0.2) is 5.96 Å². The fourth-order valence-electron chi connectivity index (χ4n) is 1.82. The monoisotopic (exact) mass is 341 g/mol. The van der Waals surface area contributed by atoms with Crippen LogP contribution in [0.2, 0.25) is 0 Å². The van der Waals surface area contributed by atoms with E-state index in [0.717, 1.165) is 43.1 Å². The van der Waals surface area contributed by atoms with E-state index in [1.807, 2.05) is 6.07 Å². The smallest absolute Gasteiger partial charge is 0.193 e. The molecule has 0 aliphatic rings. The minimum absolute atomic E-state index is 0.747. The Hall–Kier alpha value is -1.07. The molecule has 0 aliphatic heterocycles. The molecule has 1 rings (SSSR count). The van der Waals surface area contributed by atoms with E-state index in [1.165, 1.54) is 5.56 Å². The van der Waals surface area contributed by atoms with E-state index >= 15 is 0 Å². The molecule has 0 saturated heterocycles. The molecule has 0 bridgehead atoms. The van der Waals surface area contributed by atoms with Crippen molar-refractivity contribution in [3.8, 4) is 0 Å². The topological polar surface area (TPSA) is 36.9 Å². The third-order valence-corrected chi connectivity index (χ3v) is 3.60. The van der Waals surface area contributed by atoms with Crippen LogP contribution < -0.4 is 5.32 Å². The maximum Gasteiger partial charge on any atom is 0.193 e. The molecular formula is C15H24BrN3O. The number of nitrogens with one attached hydrogen (secondary N) is 1. The van der Waals surface area contributed by atoms with Crippen LogP contribution in [-0.4, -0.2) is 44.7 Å². The van der Waals surface area contributed by atoms with Gasteiger partial charge in [0.05, 0.1) is 0 Å². The van der Waals surface area contributed by atoms with E-state index in [1.54, 1.807) is 7.11 Å². The van der Waals surface area contributed by atoms with Crippen molar-refractivity contribution in [3.05, 3.63) is 34.3 Å². The maximum absolute atomic E-state index is 5.05. The van der Waals surface area contributed by atoms with Crippen LogP contribution in [0.3, 0.4) is 0 Å². The van der Waals surface area contributed by atoms with Crippen molar-refractivity contribution in [2.45, 2.75) is 19.9 Å². The predicted octanol–water partition coefficient (Wildman–Crippen LogP) is 2.88.